The minimum atomic E-state index is -0.984. The Bertz CT molecular complexity index is 542. The van der Waals surface area contributed by atoms with E-state index in [2.05, 4.69) is 31.4 Å². The predicted molar refractivity (Wildman–Crippen MR) is 67.6 cm³/mol. The van der Waals surface area contributed by atoms with E-state index in [1.54, 1.807) is 18.2 Å². The number of aromatic carboxylic acids is 1. The summed E-state index contributed by atoms with van der Waals surface area (Å²) < 4.78 is 5.39. The molecule has 1 heterocycles. The largest absolute Gasteiger partial charge is 0.478 e. The van der Waals surface area contributed by atoms with Crippen LogP contribution < -0.4 is 5.32 Å². The highest BCUT2D eigenvalue weighted by atomic mass is 79.9. The average molecular weight is 312 g/mol. The lowest BCUT2D eigenvalue weighted by atomic mass is 10.2. The molecular weight excluding hydrogens is 302 g/mol. The molecule has 0 atom stereocenters. The van der Waals surface area contributed by atoms with Crippen molar-refractivity contribution in [1.29, 1.82) is 0 Å². The van der Waals surface area contributed by atoms with Gasteiger partial charge < -0.3 is 14.9 Å². The molecular formula is C11H10BrN3O3. The molecule has 0 spiro atoms. The van der Waals surface area contributed by atoms with E-state index in [0.29, 0.717) is 29.0 Å². The van der Waals surface area contributed by atoms with Crippen LogP contribution in [-0.2, 0) is 6.42 Å². The second kappa shape index (κ2) is 5.63. The monoisotopic (exact) mass is 311 g/mol. The molecule has 0 aliphatic heterocycles. The van der Waals surface area contributed by atoms with Crippen LogP contribution in [0.4, 0.5) is 5.69 Å². The maximum absolute atomic E-state index is 11.1. The van der Waals surface area contributed by atoms with Gasteiger partial charge in [0.15, 0.2) is 6.33 Å². The smallest absolute Gasteiger partial charge is 0.338 e. The second-order valence-corrected chi connectivity index (χ2v) is 4.33. The molecule has 0 bridgehead atoms. The van der Waals surface area contributed by atoms with E-state index < -0.39 is 5.97 Å². The maximum Gasteiger partial charge on any atom is 0.338 e. The lowest BCUT2D eigenvalue weighted by molar-refractivity contribution is 0.0697. The number of halogens is 1. The van der Waals surface area contributed by atoms with Crippen LogP contribution in [0.1, 0.15) is 16.2 Å². The Balaban J connectivity index is 2.05. The van der Waals surface area contributed by atoms with Crippen LogP contribution in [0.25, 0.3) is 0 Å². The van der Waals surface area contributed by atoms with Crippen LogP contribution in [0.5, 0.6) is 0 Å². The van der Waals surface area contributed by atoms with Gasteiger partial charge in [-0.15, -0.1) is 0 Å². The number of aromatic nitrogens is 2. The SMILES string of the molecule is O=C(O)c1c(Br)cccc1NCCc1ncno1. The topological polar surface area (TPSA) is 88.2 Å². The van der Waals surface area contributed by atoms with Gasteiger partial charge in [0, 0.05) is 23.1 Å². The summed E-state index contributed by atoms with van der Waals surface area (Å²) in [5.74, 6) is -0.475. The molecule has 0 fully saturated rings. The Kier molecular flexibility index (Phi) is 3.93. The van der Waals surface area contributed by atoms with Crippen molar-refractivity contribution in [3.63, 3.8) is 0 Å². The molecule has 2 aromatic rings. The van der Waals surface area contributed by atoms with Gasteiger partial charge in [-0.05, 0) is 28.1 Å². The number of carboxylic acids is 1. The van der Waals surface area contributed by atoms with E-state index in [4.69, 9.17) is 9.63 Å². The standard InChI is InChI=1S/C11H10BrN3O3/c12-7-2-1-3-8(10(7)11(16)17)13-5-4-9-14-6-15-18-9/h1-3,6,13H,4-5H2,(H,16,17). The molecule has 94 valence electrons. The maximum atomic E-state index is 11.1. The molecule has 0 aliphatic carbocycles. The molecule has 0 aliphatic rings. The number of carboxylic acid groups (broad SMARTS) is 1. The van der Waals surface area contributed by atoms with Gasteiger partial charge in [0.25, 0.3) is 0 Å². The van der Waals surface area contributed by atoms with Gasteiger partial charge in [0.05, 0.1) is 5.56 Å². The van der Waals surface area contributed by atoms with Crippen LogP contribution in [0.2, 0.25) is 0 Å². The molecule has 0 radical (unpaired) electrons. The van der Waals surface area contributed by atoms with Crippen molar-refractivity contribution in [2.75, 3.05) is 11.9 Å². The molecule has 0 amide bonds. The summed E-state index contributed by atoms with van der Waals surface area (Å²) in [6, 6.07) is 5.17. The molecule has 1 aromatic carbocycles. The summed E-state index contributed by atoms with van der Waals surface area (Å²) in [6.45, 7) is 0.513. The van der Waals surface area contributed by atoms with Crippen LogP contribution in [0.3, 0.4) is 0 Å². The number of anilines is 1. The third-order valence-electron chi connectivity index (χ3n) is 2.29. The number of rotatable bonds is 5. The number of hydrogen-bond acceptors (Lipinski definition) is 5. The molecule has 0 saturated carbocycles. The average Bonchev–Trinajstić information content (AvgIpc) is 2.81. The number of carbonyl (C=O) groups is 1. The van der Waals surface area contributed by atoms with Crippen molar-refractivity contribution in [3.05, 3.63) is 40.5 Å². The fourth-order valence-electron chi connectivity index (χ4n) is 1.50. The molecule has 6 nitrogen and oxygen atoms in total. The van der Waals surface area contributed by atoms with Crippen molar-refractivity contribution in [2.24, 2.45) is 0 Å². The first-order valence-corrected chi connectivity index (χ1v) is 5.99. The summed E-state index contributed by atoms with van der Waals surface area (Å²) in [5, 5.41) is 15.6. The van der Waals surface area contributed by atoms with Gasteiger partial charge in [-0.2, -0.15) is 4.98 Å². The lowest BCUT2D eigenvalue weighted by Gasteiger charge is -2.09. The van der Waals surface area contributed by atoms with Crippen molar-refractivity contribution >= 4 is 27.6 Å². The van der Waals surface area contributed by atoms with E-state index in [1.807, 2.05) is 0 Å². The number of benzene rings is 1. The zero-order valence-corrected chi connectivity index (χ0v) is 10.8. The predicted octanol–water partition coefficient (Wildman–Crippen LogP) is 2.18. The molecule has 2 rings (SSSR count). The van der Waals surface area contributed by atoms with Crippen LogP contribution in [-0.4, -0.2) is 27.8 Å². The van der Waals surface area contributed by atoms with Gasteiger partial charge >= 0.3 is 5.97 Å². The fourth-order valence-corrected chi connectivity index (χ4v) is 2.03. The van der Waals surface area contributed by atoms with Crippen molar-refractivity contribution < 1.29 is 14.4 Å². The Morgan fingerprint density at radius 3 is 3.00 bits per heavy atom. The molecule has 1 aromatic heterocycles. The molecule has 2 N–H and O–H groups in total. The second-order valence-electron chi connectivity index (χ2n) is 3.48. The molecule has 0 saturated heterocycles. The van der Waals surface area contributed by atoms with Crippen molar-refractivity contribution in [3.8, 4) is 0 Å². The van der Waals surface area contributed by atoms with Crippen LogP contribution in [0, 0.1) is 0 Å². The molecule has 0 unspecified atom stereocenters. The first kappa shape index (κ1) is 12.6. The van der Waals surface area contributed by atoms with Crippen molar-refractivity contribution in [2.45, 2.75) is 6.42 Å². The van der Waals surface area contributed by atoms with E-state index >= 15 is 0 Å². The summed E-state index contributed by atoms with van der Waals surface area (Å²) in [4.78, 5) is 15.0. The first-order chi connectivity index (χ1) is 8.68. The highest BCUT2D eigenvalue weighted by Crippen LogP contribution is 2.24. The van der Waals surface area contributed by atoms with Crippen LogP contribution >= 0.6 is 15.9 Å². The number of nitrogens with one attached hydrogen (secondary N) is 1. The highest BCUT2D eigenvalue weighted by Gasteiger charge is 2.13. The van der Waals surface area contributed by atoms with Gasteiger partial charge in [-0.1, -0.05) is 11.2 Å². The summed E-state index contributed by atoms with van der Waals surface area (Å²) in [7, 11) is 0. The lowest BCUT2D eigenvalue weighted by Crippen LogP contribution is -2.10. The minimum absolute atomic E-state index is 0.211. The summed E-state index contributed by atoms with van der Waals surface area (Å²) in [6.07, 6.45) is 1.86. The Morgan fingerprint density at radius 2 is 2.33 bits per heavy atom. The third-order valence-corrected chi connectivity index (χ3v) is 2.95. The highest BCUT2D eigenvalue weighted by molar-refractivity contribution is 9.10. The number of nitrogens with zero attached hydrogens (tertiary/aromatic N) is 2. The Hall–Kier alpha value is -1.89. The van der Waals surface area contributed by atoms with Gasteiger partial charge in [0.1, 0.15) is 0 Å². The van der Waals surface area contributed by atoms with E-state index in [-0.39, 0.29) is 5.56 Å². The van der Waals surface area contributed by atoms with Crippen LogP contribution in [0.15, 0.2) is 33.5 Å². The fraction of sp³-hybridized carbons (Fsp3) is 0.182. The minimum Gasteiger partial charge on any atom is -0.478 e. The zero-order valence-electron chi connectivity index (χ0n) is 9.26. The van der Waals surface area contributed by atoms with E-state index in [9.17, 15) is 4.79 Å². The van der Waals surface area contributed by atoms with E-state index in [0.717, 1.165) is 0 Å². The molecule has 7 heteroatoms. The number of hydrogen-bond donors (Lipinski definition) is 2. The quantitative estimate of drug-likeness (QED) is 0.880. The van der Waals surface area contributed by atoms with E-state index in [1.165, 1.54) is 6.33 Å². The van der Waals surface area contributed by atoms with Gasteiger partial charge in [0.2, 0.25) is 5.89 Å². The summed E-state index contributed by atoms with van der Waals surface area (Å²) >= 11 is 3.22. The van der Waals surface area contributed by atoms with Gasteiger partial charge in [-0.3, -0.25) is 0 Å². The van der Waals surface area contributed by atoms with Crippen molar-refractivity contribution in [1.82, 2.24) is 10.1 Å². The normalized spacial score (nSPS) is 10.3. The Labute approximate surface area is 111 Å². The van der Waals surface area contributed by atoms with Gasteiger partial charge in [-0.25, -0.2) is 4.79 Å². The first-order valence-electron chi connectivity index (χ1n) is 5.19. The third kappa shape index (κ3) is 2.86. The summed E-state index contributed by atoms with van der Waals surface area (Å²) in [5.41, 5.74) is 0.763. The zero-order chi connectivity index (χ0) is 13.0. The Morgan fingerprint density at radius 1 is 1.50 bits per heavy atom. The molecule has 18 heavy (non-hydrogen) atoms.